The highest BCUT2D eigenvalue weighted by atomic mass is 16.2. The third-order valence-corrected chi connectivity index (χ3v) is 4.03. The lowest BCUT2D eigenvalue weighted by atomic mass is 9.93. The monoisotopic (exact) mass is 341 g/mol. The van der Waals surface area contributed by atoms with Gasteiger partial charge < -0.3 is 16.0 Å². The number of hydrogen-bond donors (Lipinski definition) is 3. The average Bonchev–Trinajstić information content (AvgIpc) is 2.50. The molecule has 0 atom stereocenters. The Morgan fingerprint density at radius 3 is 2.17 bits per heavy atom. The van der Waals surface area contributed by atoms with Gasteiger partial charge in [0.2, 0.25) is 5.91 Å². The zero-order valence-electron chi connectivity index (χ0n) is 17.0. The van der Waals surface area contributed by atoms with Crippen molar-refractivity contribution in [1.29, 1.82) is 0 Å². The summed E-state index contributed by atoms with van der Waals surface area (Å²) in [4.78, 5) is 18.9. The van der Waals surface area contributed by atoms with Crippen LogP contribution in [-0.2, 0) is 4.79 Å². The van der Waals surface area contributed by atoms with Gasteiger partial charge in [-0.15, -0.1) is 0 Å². The topological polar surface area (TPSA) is 68.8 Å². The molecule has 0 aliphatic rings. The molecule has 0 aromatic carbocycles. The van der Waals surface area contributed by atoms with E-state index in [4.69, 9.17) is 0 Å². The highest BCUT2D eigenvalue weighted by molar-refractivity contribution is 5.83. The Hall–Kier alpha value is -1.30. The molecule has 0 bridgehead atoms. The minimum absolute atomic E-state index is 0.00612. The van der Waals surface area contributed by atoms with Gasteiger partial charge in [-0.2, -0.15) is 0 Å². The van der Waals surface area contributed by atoms with E-state index in [-0.39, 0.29) is 5.91 Å². The van der Waals surface area contributed by atoms with Crippen LogP contribution in [0.3, 0.4) is 0 Å². The maximum Gasteiger partial charge on any atom is 0.227 e. The van der Waals surface area contributed by atoms with Gasteiger partial charge in [0.1, 0.15) is 0 Å². The number of carbonyl (C=O) groups excluding carboxylic acids is 1. The fraction of sp³-hybridized carbons (Fsp3) is 0.889. The van der Waals surface area contributed by atoms with Crippen LogP contribution in [0.25, 0.3) is 0 Å². The molecule has 0 saturated heterocycles. The molecular weight excluding hydrogens is 302 g/mol. The summed E-state index contributed by atoms with van der Waals surface area (Å²) in [5, 5.41) is 9.30. The van der Waals surface area contributed by atoms with E-state index in [1.54, 1.807) is 7.05 Å². The van der Waals surface area contributed by atoms with E-state index in [0.717, 1.165) is 32.0 Å². The molecule has 24 heavy (non-hydrogen) atoms. The van der Waals surface area contributed by atoms with E-state index in [2.05, 4.69) is 53.5 Å². The Balaban J connectivity index is 4.48. The van der Waals surface area contributed by atoms with Crippen LogP contribution in [0.5, 0.6) is 0 Å². The molecule has 1 amide bonds. The second-order valence-corrected chi connectivity index (χ2v) is 7.36. The minimum atomic E-state index is -0.511. The predicted octanol–water partition coefficient (Wildman–Crippen LogP) is 1.82. The van der Waals surface area contributed by atoms with Crippen LogP contribution >= 0.6 is 0 Å². The summed E-state index contributed by atoms with van der Waals surface area (Å²) in [6.07, 6.45) is 1.06. The third-order valence-electron chi connectivity index (χ3n) is 4.03. The van der Waals surface area contributed by atoms with Gasteiger partial charge in [0.05, 0.1) is 12.0 Å². The molecule has 0 rings (SSSR count). The predicted molar refractivity (Wildman–Crippen MR) is 103 cm³/mol. The van der Waals surface area contributed by atoms with Crippen molar-refractivity contribution < 1.29 is 4.79 Å². The van der Waals surface area contributed by atoms with Crippen LogP contribution in [0.2, 0.25) is 0 Å². The van der Waals surface area contributed by atoms with Crippen molar-refractivity contribution >= 4 is 11.9 Å². The first-order valence-corrected chi connectivity index (χ1v) is 9.15. The molecule has 0 unspecified atom stereocenters. The van der Waals surface area contributed by atoms with Crippen molar-refractivity contribution in [2.45, 2.75) is 67.0 Å². The van der Waals surface area contributed by atoms with Crippen molar-refractivity contribution in [1.82, 2.24) is 20.9 Å². The van der Waals surface area contributed by atoms with Gasteiger partial charge in [0.25, 0.3) is 0 Å². The normalized spacial score (nSPS) is 12.9. The lowest BCUT2D eigenvalue weighted by Gasteiger charge is -2.30. The number of nitrogens with zero attached hydrogens (tertiary/aromatic N) is 2. The Labute approximate surface area is 148 Å². The van der Waals surface area contributed by atoms with Crippen molar-refractivity contribution in [3.8, 4) is 0 Å². The van der Waals surface area contributed by atoms with Crippen molar-refractivity contribution in [3.05, 3.63) is 0 Å². The number of amides is 1. The molecular formula is C18H39N5O. The van der Waals surface area contributed by atoms with E-state index < -0.39 is 5.41 Å². The molecule has 142 valence electrons. The van der Waals surface area contributed by atoms with Crippen LogP contribution < -0.4 is 16.0 Å². The summed E-state index contributed by atoms with van der Waals surface area (Å²) in [7, 11) is 1.66. The fourth-order valence-corrected chi connectivity index (χ4v) is 2.61. The van der Waals surface area contributed by atoms with Gasteiger partial charge >= 0.3 is 0 Å². The largest absolute Gasteiger partial charge is 0.359 e. The van der Waals surface area contributed by atoms with Gasteiger partial charge in [0.15, 0.2) is 5.96 Å². The van der Waals surface area contributed by atoms with Gasteiger partial charge in [-0.3, -0.25) is 14.7 Å². The number of carbonyl (C=O) groups is 1. The maximum atomic E-state index is 11.8. The number of rotatable bonds is 10. The van der Waals surface area contributed by atoms with Crippen LogP contribution in [-0.4, -0.2) is 62.1 Å². The van der Waals surface area contributed by atoms with E-state index in [0.29, 0.717) is 18.6 Å². The second-order valence-electron chi connectivity index (χ2n) is 7.36. The molecule has 0 aliphatic carbocycles. The van der Waals surface area contributed by atoms with E-state index >= 15 is 0 Å². The van der Waals surface area contributed by atoms with Gasteiger partial charge in [-0.25, -0.2) is 0 Å². The van der Waals surface area contributed by atoms with Gasteiger partial charge in [0, 0.05) is 38.8 Å². The summed E-state index contributed by atoms with van der Waals surface area (Å²) in [5.74, 6) is 0.779. The van der Waals surface area contributed by atoms with Gasteiger partial charge in [-0.05, 0) is 54.9 Å². The smallest absolute Gasteiger partial charge is 0.227 e. The third kappa shape index (κ3) is 8.52. The van der Waals surface area contributed by atoms with E-state index in [1.165, 1.54) is 0 Å². The first-order chi connectivity index (χ1) is 11.2. The Bertz CT molecular complexity index is 383. The molecule has 0 saturated carbocycles. The summed E-state index contributed by atoms with van der Waals surface area (Å²) in [6.45, 7) is 18.0. The zero-order valence-corrected chi connectivity index (χ0v) is 17.0. The Morgan fingerprint density at radius 2 is 1.71 bits per heavy atom. The summed E-state index contributed by atoms with van der Waals surface area (Å²) < 4.78 is 0. The molecule has 0 radical (unpaired) electrons. The highest BCUT2D eigenvalue weighted by Crippen LogP contribution is 2.15. The standard InChI is InChI=1S/C18H39N5O/c1-9-20-17(22-13-18(6,7)16(24)19-8)21-11-10-12-23(14(2)3)15(4)5/h14-15H,9-13H2,1-8H3,(H,19,24)(H2,20,21,22). The molecule has 0 fully saturated rings. The first-order valence-electron chi connectivity index (χ1n) is 9.15. The molecule has 6 nitrogen and oxygen atoms in total. The number of guanidine groups is 1. The molecule has 0 aliphatic heterocycles. The molecule has 0 aromatic heterocycles. The minimum Gasteiger partial charge on any atom is -0.359 e. The molecule has 6 heteroatoms. The molecule has 0 spiro atoms. The summed E-state index contributed by atoms with van der Waals surface area (Å²) in [5.41, 5.74) is -0.511. The van der Waals surface area contributed by atoms with E-state index in [1.807, 2.05) is 20.8 Å². The SMILES string of the molecule is CCNC(=NCC(C)(C)C(=O)NC)NCCCN(C(C)C)C(C)C. The number of aliphatic imine (C=N–C) groups is 1. The second kappa shape index (κ2) is 11.3. The lowest BCUT2D eigenvalue weighted by Crippen LogP contribution is -2.42. The maximum absolute atomic E-state index is 11.8. The van der Waals surface area contributed by atoms with Crippen molar-refractivity contribution in [2.24, 2.45) is 10.4 Å². The average molecular weight is 342 g/mol. The molecule has 0 heterocycles. The Morgan fingerprint density at radius 1 is 1.12 bits per heavy atom. The quantitative estimate of drug-likeness (QED) is 0.322. The molecule has 3 N–H and O–H groups in total. The van der Waals surface area contributed by atoms with Crippen LogP contribution in [0.15, 0.2) is 4.99 Å². The van der Waals surface area contributed by atoms with Crippen molar-refractivity contribution in [2.75, 3.05) is 33.2 Å². The molecule has 0 aromatic rings. The van der Waals surface area contributed by atoms with E-state index in [9.17, 15) is 4.79 Å². The van der Waals surface area contributed by atoms with Crippen LogP contribution in [0, 0.1) is 5.41 Å². The zero-order chi connectivity index (χ0) is 18.8. The number of nitrogens with one attached hydrogen (secondary N) is 3. The van der Waals surface area contributed by atoms with Crippen LogP contribution in [0.1, 0.15) is 54.9 Å². The lowest BCUT2D eigenvalue weighted by molar-refractivity contribution is -0.128. The van der Waals surface area contributed by atoms with Gasteiger partial charge in [-0.1, -0.05) is 0 Å². The fourth-order valence-electron chi connectivity index (χ4n) is 2.61. The summed E-state index contributed by atoms with van der Waals surface area (Å²) in [6, 6.07) is 1.11. The number of hydrogen-bond acceptors (Lipinski definition) is 3. The highest BCUT2D eigenvalue weighted by Gasteiger charge is 2.26. The summed E-state index contributed by atoms with van der Waals surface area (Å²) >= 11 is 0. The first kappa shape index (κ1) is 22.7. The van der Waals surface area contributed by atoms with Crippen molar-refractivity contribution in [3.63, 3.8) is 0 Å². The van der Waals surface area contributed by atoms with Crippen LogP contribution in [0.4, 0.5) is 0 Å². The Kier molecular flexibility index (Phi) is 10.7.